The van der Waals surface area contributed by atoms with Crippen molar-refractivity contribution in [2.45, 2.75) is 32.9 Å². The van der Waals surface area contributed by atoms with Gasteiger partial charge in [0.2, 0.25) is 5.91 Å². The lowest BCUT2D eigenvalue weighted by molar-refractivity contribution is -0.131. The topological polar surface area (TPSA) is 83.5 Å². The molecule has 0 spiro atoms. The van der Waals surface area contributed by atoms with Crippen LogP contribution >= 0.6 is 0 Å². The summed E-state index contributed by atoms with van der Waals surface area (Å²) in [6.07, 6.45) is 1.89. The second-order valence-electron chi connectivity index (χ2n) is 7.42. The van der Waals surface area contributed by atoms with Gasteiger partial charge in [-0.1, -0.05) is 30.3 Å². The van der Waals surface area contributed by atoms with Gasteiger partial charge in [0.25, 0.3) is 0 Å². The van der Waals surface area contributed by atoms with Crippen LogP contribution in [0, 0.1) is 0 Å². The molecule has 2 aromatic carbocycles. The highest BCUT2D eigenvalue weighted by atomic mass is 16.5. The SMILES string of the molecule is COc1cc(N2CCN(Cc3ccccc3)C(=O)CC2C)ccc1N=CN=C(C)N. The van der Waals surface area contributed by atoms with Crippen LogP contribution in [0.25, 0.3) is 0 Å². The summed E-state index contributed by atoms with van der Waals surface area (Å²) < 4.78 is 5.52. The molecule has 0 saturated carbocycles. The predicted octanol–water partition coefficient (Wildman–Crippen LogP) is 3.36. The van der Waals surface area contributed by atoms with Crippen LogP contribution in [0.1, 0.15) is 25.8 Å². The molecule has 0 aromatic heterocycles. The molecule has 1 amide bonds. The van der Waals surface area contributed by atoms with Gasteiger partial charge in [-0.15, -0.1) is 0 Å². The number of hydrogen-bond acceptors (Lipinski definition) is 4. The molecule has 0 aliphatic carbocycles. The van der Waals surface area contributed by atoms with Crippen LogP contribution in [0.15, 0.2) is 58.5 Å². The number of benzene rings is 2. The van der Waals surface area contributed by atoms with Crippen molar-refractivity contribution in [3.8, 4) is 5.75 Å². The summed E-state index contributed by atoms with van der Waals surface area (Å²) in [6.45, 7) is 5.85. The van der Waals surface area contributed by atoms with Gasteiger partial charge in [0.15, 0.2) is 0 Å². The maximum absolute atomic E-state index is 12.8. The third-order valence-electron chi connectivity index (χ3n) is 5.14. The van der Waals surface area contributed by atoms with E-state index in [-0.39, 0.29) is 11.9 Å². The molecule has 158 valence electrons. The Bertz CT molecular complexity index is 922. The number of amidine groups is 1. The second-order valence-corrected chi connectivity index (χ2v) is 7.42. The minimum Gasteiger partial charge on any atom is -0.494 e. The summed E-state index contributed by atoms with van der Waals surface area (Å²) in [5.74, 6) is 1.27. The van der Waals surface area contributed by atoms with Crippen molar-refractivity contribution < 1.29 is 9.53 Å². The Kier molecular flexibility index (Phi) is 7.06. The highest BCUT2D eigenvalue weighted by molar-refractivity contribution is 5.86. The maximum atomic E-state index is 12.8. The average molecular weight is 408 g/mol. The van der Waals surface area contributed by atoms with E-state index >= 15 is 0 Å². The van der Waals surface area contributed by atoms with Gasteiger partial charge in [-0.2, -0.15) is 0 Å². The Morgan fingerprint density at radius 3 is 2.70 bits per heavy atom. The number of carbonyl (C=O) groups is 1. The molecular weight excluding hydrogens is 378 g/mol. The van der Waals surface area contributed by atoms with Gasteiger partial charge < -0.3 is 20.3 Å². The van der Waals surface area contributed by atoms with Crippen LogP contribution in [0.4, 0.5) is 11.4 Å². The van der Waals surface area contributed by atoms with Gasteiger partial charge in [0.05, 0.1) is 12.9 Å². The highest BCUT2D eigenvalue weighted by Crippen LogP contribution is 2.33. The van der Waals surface area contributed by atoms with Crippen molar-refractivity contribution in [3.05, 3.63) is 54.1 Å². The number of hydrogen-bond donors (Lipinski definition) is 1. The molecule has 0 radical (unpaired) electrons. The molecule has 3 rings (SSSR count). The third kappa shape index (κ3) is 5.37. The van der Waals surface area contributed by atoms with E-state index in [4.69, 9.17) is 10.5 Å². The summed E-state index contributed by atoms with van der Waals surface area (Å²) in [6, 6.07) is 16.0. The third-order valence-corrected chi connectivity index (χ3v) is 5.14. The van der Waals surface area contributed by atoms with Crippen LogP contribution in [0.3, 0.4) is 0 Å². The first-order chi connectivity index (χ1) is 14.5. The van der Waals surface area contributed by atoms with Gasteiger partial charge in [0, 0.05) is 43.9 Å². The summed E-state index contributed by atoms with van der Waals surface area (Å²) in [7, 11) is 1.62. The van der Waals surface area contributed by atoms with Crippen LogP contribution in [-0.4, -0.2) is 49.2 Å². The number of rotatable bonds is 6. The average Bonchev–Trinajstić information content (AvgIpc) is 2.87. The van der Waals surface area contributed by atoms with E-state index in [9.17, 15) is 4.79 Å². The van der Waals surface area contributed by atoms with E-state index in [2.05, 4.69) is 33.9 Å². The standard InChI is InChI=1S/C23H29N5O2/c1-17-13-23(29)27(15-19-7-5-4-6-8-19)11-12-28(17)20-9-10-21(22(14-20)30-3)26-16-25-18(2)24/h4-10,14,16-17H,11-13,15H2,1-3H3,(H2,24,25,26). The Balaban J connectivity index is 1.77. The summed E-state index contributed by atoms with van der Waals surface area (Å²) in [4.78, 5) is 25.3. The molecule has 1 fully saturated rings. The number of nitrogens with zero attached hydrogens (tertiary/aromatic N) is 4. The molecule has 2 N–H and O–H groups in total. The molecule has 1 heterocycles. The van der Waals surface area contributed by atoms with Crippen molar-refractivity contribution in [2.24, 2.45) is 15.7 Å². The lowest BCUT2D eigenvalue weighted by Gasteiger charge is -2.29. The van der Waals surface area contributed by atoms with Crippen LogP contribution in [-0.2, 0) is 11.3 Å². The molecule has 30 heavy (non-hydrogen) atoms. The van der Waals surface area contributed by atoms with Gasteiger partial charge in [-0.05, 0) is 31.5 Å². The maximum Gasteiger partial charge on any atom is 0.224 e. The largest absolute Gasteiger partial charge is 0.494 e. The summed E-state index contributed by atoms with van der Waals surface area (Å²) in [5.41, 5.74) is 8.37. The highest BCUT2D eigenvalue weighted by Gasteiger charge is 2.27. The molecule has 1 unspecified atom stereocenters. The zero-order valence-electron chi connectivity index (χ0n) is 17.8. The van der Waals surface area contributed by atoms with Crippen molar-refractivity contribution in [1.82, 2.24) is 4.90 Å². The number of aliphatic imine (C=N–C) groups is 2. The van der Waals surface area contributed by atoms with Crippen LogP contribution in [0.5, 0.6) is 5.75 Å². The first-order valence-electron chi connectivity index (χ1n) is 10.1. The van der Waals surface area contributed by atoms with Crippen molar-refractivity contribution in [3.63, 3.8) is 0 Å². The fraction of sp³-hybridized carbons (Fsp3) is 0.348. The number of anilines is 1. The number of ether oxygens (including phenoxy) is 1. The Labute approximate surface area is 177 Å². The van der Waals surface area contributed by atoms with E-state index in [1.54, 1.807) is 14.0 Å². The monoisotopic (exact) mass is 407 g/mol. The molecule has 1 aliphatic heterocycles. The van der Waals surface area contributed by atoms with Gasteiger partial charge in [-0.25, -0.2) is 9.98 Å². The first kappa shape index (κ1) is 21.4. The van der Waals surface area contributed by atoms with Gasteiger partial charge >= 0.3 is 0 Å². The number of amides is 1. The fourth-order valence-electron chi connectivity index (χ4n) is 3.55. The second kappa shape index (κ2) is 9.91. The molecule has 7 heteroatoms. The predicted molar refractivity (Wildman–Crippen MR) is 122 cm³/mol. The fourth-order valence-corrected chi connectivity index (χ4v) is 3.55. The van der Waals surface area contributed by atoms with Crippen LogP contribution in [0.2, 0.25) is 0 Å². The number of carbonyl (C=O) groups excluding carboxylic acids is 1. The number of nitrogens with two attached hydrogens (primary N) is 1. The van der Waals surface area contributed by atoms with E-state index in [1.165, 1.54) is 6.34 Å². The van der Waals surface area contributed by atoms with Gasteiger partial charge in [0.1, 0.15) is 17.8 Å². The molecular formula is C23H29N5O2. The molecule has 7 nitrogen and oxygen atoms in total. The Hall–Kier alpha value is -3.35. The number of methoxy groups -OCH3 is 1. The van der Waals surface area contributed by atoms with Crippen LogP contribution < -0.4 is 15.4 Å². The first-order valence-corrected chi connectivity index (χ1v) is 10.1. The Morgan fingerprint density at radius 2 is 2.00 bits per heavy atom. The summed E-state index contributed by atoms with van der Waals surface area (Å²) >= 11 is 0. The van der Waals surface area contributed by atoms with E-state index in [0.29, 0.717) is 36.8 Å². The Morgan fingerprint density at radius 1 is 1.23 bits per heavy atom. The smallest absolute Gasteiger partial charge is 0.224 e. The quantitative estimate of drug-likeness (QED) is 0.588. The van der Waals surface area contributed by atoms with E-state index in [0.717, 1.165) is 17.8 Å². The minimum atomic E-state index is 0.0850. The van der Waals surface area contributed by atoms with Gasteiger partial charge in [-0.3, -0.25) is 4.79 Å². The zero-order valence-corrected chi connectivity index (χ0v) is 17.8. The lowest BCUT2D eigenvalue weighted by Crippen LogP contribution is -2.34. The summed E-state index contributed by atoms with van der Waals surface area (Å²) in [5, 5.41) is 0. The van der Waals surface area contributed by atoms with Crippen molar-refractivity contribution >= 4 is 29.5 Å². The van der Waals surface area contributed by atoms with Crippen molar-refractivity contribution in [1.29, 1.82) is 0 Å². The molecule has 1 saturated heterocycles. The lowest BCUT2D eigenvalue weighted by atomic mass is 10.1. The molecule has 2 aromatic rings. The minimum absolute atomic E-state index is 0.0850. The van der Waals surface area contributed by atoms with Crippen molar-refractivity contribution in [2.75, 3.05) is 25.1 Å². The molecule has 1 atom stereocenters. The molecule has 0 bridgehead atoms. The van der Waals surface area contributed by atoms with E-state index < -0.39 is 0 Å². The normalized spacial score (nSPS) is 18.0. The van der Waals surface area contributed by atoms with E-state index in [1.807, 2.05) is 41.3 Å². The molecule has 1 aliphatic rings. The zero-order chi connectivity index (χ0) is 21.5.